The second-order valence-corrected chi connectivity index (χ2v) is 6.96. The van der Waals surface area contributed by atoms with E-state index in [9.17, 15) is 14.0 Å². The van der Waals surface area contributed by atoms with Crippen LogP contribution < -0.4 is 16.4 Å². The molecule has 0 aromatic heterocycles. The molecule has 0 radical (unpaired) electrons. The molecule has 158 valence electrons. The Kier molecular flexibility index (Phi) is 8.50. The van der Waals surface area contributed by atoms with Crippen LogP contribution in [0.1, 0.15) is 57.0 Å². The van der Waals surface area contributed by atoms with E-state index >= 15 is 0 Å². The van der Waals surface area contributed by atoms with Crippen molar-refractivity contribution in [3.05, 3.63) is 35.0 Å². The Morgan fingerprint density at radius 1 is 1.38 bits per heavy atom. The monoisotopic (exact) mass is 405 g/mol. The Labute approximate surface area is 169 Å². The van der Waals surface area contributed by atoms with E-state index in [1.54, 1.807) is 19.1 Å². The smallest absolute Gasteiger partial charge is 0.293 e. The number of ether oxygens (including phenoxy) is 1. The van der Waals surface area contributed by atoms with Crippen LogP contribution in [-0.4, -0.2) is 36.5 Å². The molecule has 0 spiro atoms. The van der Waals surface area contributed by atoms with Gasteiger partial charge in [0.1, 0.15) is 5.67 Å². The first-order chi connectivity index (χ1) is 13.5. The maximum Gasteiger partial charge on any atom is 0.293 e. The topological polar surface area (TPSA) is 130 Å². The maximum absolute atomic E-state index is 13.7. The Morgan fingerprint density at radius 2 is 2.03 bits per heavy atom. The van der Waals surface area contributed by atoms with Gasteiger partial charge in [-0.25, -0.2) is 9.38 Å². The molecule has 1 aromatic rings. The second-order valence-electron chi connectivity index (χ2n) is 6.96. The number of rotatable bonds is 8. The van der Waals surface area contributed by atoms with Crippen molar-refractivity contribution in [2.75, 3.05) is 11.9 Å². The average molecular weight is 405 g/mol. The zero-order valence-electron chi connectivity index (χ0n) is 17.4. The SMILES string of the molecule is CC/C(N=C(N)OC(C)=N)=C(/C)c1cc(C(=O)NCC(C)(C)F)ccc1NC=O. The van der Waals surface area contributed by atoms with Gasteiger partial charge in [0.25, 0.3) is 11.9 Å². The first-order valence-electron chi connectivity index (χ1n) is 9.07. The summed E-state index contributed by atoms with van der Waals surface area (Å²) >= 11 is 0. The Bertz CT molecular complexity index is 841. The van der Waals surface area contributed by atoms with E-state index in [-0.39, 0.29) is 18.5 Å². The lowest BCUT2D eigenvalue weighted by Gasteiger charge is -2.16. The summed E-state index contributed by atoms with van der Waals surface area (Å²) in [6.07, 6.45) is 1.02. The van der Waals surface area contributed by atoms with Crippen molar-refractivity contribution in [1.82, 2.24) is 5.32 Å². The van der Waals surface area contributed by atoms with Crippen molar-refractivity contribution < 1.29 is 18.7 Å². The van der Waals surface area contributed by atoms with Gasteiger partial charge in [-0.3, -0.25) is 15.0 Å². The van der Waals surface area contributed by atoms with Gasteiger partial charge >= 0.3 is 0 Å². The lowest BCUT2D eigenvalue weighted by molar-refractivity contribution is -0.105. The highest BCUT2D eigenvalue weighted by atomic mass is 19.1. The lowest BCUT2D eigenvalue weighted by Crippen LogP contribution is -2.35. The fraction of sp³-hybridized carbons (Fsp3) is 0.400. The molecular formula is C20H28FN5O3. The summed E-state index contributed by atoms with van der Waals surface area (Å²) in [5.74, 6) is -0.539. The Morgan fingerprint density at radius 3 is 2.55 bits per heavy atom. The number of nitrogens with one attached hydrogen (secondary N) is 3. The van der Waals surface area contributed by atoms with E-state index in [2.05, 4.69) is 15.6 Å². The van der Waals surface area contributed by atoms with Gasteiger partial charge in [0, 0.05) is 29.4 Å². The third-order valence-electron chi connectivity index (χ3n) is 3.84. The molecule has 0 aliphatic rings. The summed E-state index contributed by atoms with van der Waals surface area (Å²) in [6.45, 7) is 7.67. The lowest BCUT2D eigenvalue weighted by atomic mass is 9.99. The summed E-state index contributed by atoms with van der Waals surface area (Å²) in [5.41, 5.74) is 6.72. The van der Waals surface area contributed by atoms with Gasteiger partial charge in [-0.05, 0) is 51.0 Å². The molecule has 1 aromatic carbocycles. The van der Waals surface area contributed by atoms with Crippen molar-refractivity contribution >= 4 is 35.5 Å². The molecule has 0 heterocycles. The molecule has 0 saturated carbocycles. The van der Waals surface area contributed by atoms with Crippen molar-refractivity contribution in [2.24, 2.45) is 10.7 Å². The van der Waals surface area contributed by atoms with Gasteiger partial charge in [0.15, 0.2) is 5.90 Å². The van der Waals surface area contributed by atoms with Crippen molar-refractivity contribution in [2.45, 2.75) is 46.7 Å². The minimum absolute atomic E-state index is 0.0999. The molecule has 8 nitrogen and oxygen atoms in total. The molecule has 1 rings (SSSR count). The Hall–Kier alpha value is -3.23. The molecule has 0 atom stereocenters. The first-order valence-corrected chi connectivity index (χ1v) is 9.07. The predicted molar refractivity (Wildman–Crippen MR) is 113 cm³/mol. The molecule has 0 saturated heterocycles. The number of amidine groups is 1. The molecule has 0 unspecified atom stereocenters. The average Bonchev–Trinajstić information content (AvgIpc) is 2.63. The third kappa shape index (κ3) is 7.73. The van der Waals surface area contributed by atoms with Gasteiger partial charge in [-0.15, -0.1) is 0 Å². The summed E-state index contributed by atoms with van der Waals surface area (Å²) < 4.78 is 18.7. The number of hydrogen-bond acceptors (Lipinski definition) is 5. The number of carbonyl (C=O) groups excluding carboxylic acids is 2. The molecule has 0 aliphatic carbocycles. The van der Waals surface area contributed by atoms with E-state index in [0.29, 0.717) is 40.9 Å². The highest BCUT2D eigenvalue weighted by Crippen LogP contribution is 2.29. The number of hydrogen-bond donors (Lipinski definition) is 4. The largest absolute Gasteiger partial charge is 0.412 e. The summed E-state index contributed by atoms with van der Waals surface area (Å²) in [6, 6.07) is 4.53. The molecule has 0 fully saturated rings. The first kappa shape index (κ1) is 23.8. The number of carbonyl (C=O) groups is 2. The van der Waals surface area contributed by atoms with E-state index < -0.39 is 11.6 Å². The zero-order valence-corrected chi connectivity index (χ0v) is 17.4. The van der Waals surface area contributed by atoms with Gasteiger partial charge in [0.05, 0.1) is 6.54 Å². The number of benzene rings is 1. The van der Waals surface area contributed by atoms with Crippen LogP contribution in [0.25, 0.3) is 5.57 Å². The van der Waals surface area contributed by atoms with Crippen LogP contribution in [0.4, 0.5) is 10.1 Å². The van der Waals surface area contributed by atoms with Crippen molar-refractivity contribution in [1.29, 1.82) is 5.41 Å². The minimum atomic E-state index is -1.54. The third-order valence-corrected chi connectivity index (χ3v) is 3.84. The standard InChI is InChI=1S/C20H28FN5O3/c1-6-16(26-19(23)29-13(3)22)12(2)15-9-14(7-8-17(15)25-11-27)18(28)24-10-20(4,5)21/h7-9,11,22H,6,10H2,1-5H3,(H2,23,26)(H,24,28)(H,25,27)/b16-12+,22-13?. The highest BCUT2D eigenvalue weighted by Gasteiger charge is 2.18. The van der Waals surface area contributed by atoms with Gasteiger partial charge in [-0.1, -0.05) is 6.92 Å². The molecule has 9 heteroatoms. The number of aliphatic imine (C=N–C) groups is 1. The number of nitrogens with zero attached hydrogens (tertiary/aromatic N) is 1. The summed E-state index contributed by atoms with van der Waals surface area (Å²) in [5, 5.41) is 12.5. The van der Waals surface area contributed by atoms with Gasteiger partial charge in [-0.2, -0.15) is 0 Å². The minimum Gasteiger partial charge on any atom is -0.412 e. The van der Waals surface area contributed by atoms with Crippen LogP contribution >= 0.6 is 0 Å². The summed E-state index contributed by atoms with van der Waals surface area (Å²) in [7, 11) is 0. The van der Waals surface area contributed by atoms with Crippen LogP contribution in [0.5, 0.6) is 0 Å². The predicted octanol–water partition coefficient (Wildman–Crippen LogP) is 3.20. The van der Waals surface area contributed by atoms with E-state index in [1.807, 2.05) is 6.92 Å². The molecule has 0 aliphatic heterocycles. The molecule has 5 N–H and O–H groups in total. The zero-order chi connectivity index (χ0) is 22.2. The van der Waals surface area contributed by atoms with Crippen LogP contribution in [0.2, 0.25) is 0 Å². The second kappa shape index (κ2) is 10.4. The Balaban J connectivity index is 3.39. The summed E-state index contributed by atoms with van der Waals surface area (Å²) in [4.78, 5) is 27.6. The van der Waals surface area contributed by atoms with Crippen LogP contribution in [0.15, 0.2) is 28.9 Å². The number of amides is 2. The number of alkyl halides is 1. The normalized spacial score (nSPS) is 12.7. The molecule has 0 bridgehead atoms. The van der Waals surface area contributed by atoms with Gasteiger partial charge < -0.3 is 21.1 Å². The van der Waals surface area contributed by atoms with E-state index in [0.717, 1.165) is 0 Å². The number of halogens is 1. The van der Waals surface area contributed by atoms with Crippen LogP contribution in [0.3, 0.4) is 0 Å². The van der Waals surface area contributed by atoms with Crippen molar-refractivity contribution in [3.63, 3.8) is 0 Å². The van der Waals surface area contributed by atoms with Crippen molar-refractivity contribution in [3.8, 4) is 0 Å². The highest BCUT2D eigenvalue weighted by molar-refractivity contribution is 5.97. The fourth-order valence-corrected chi connectivity index (χ4v) is 2.47. The maximum atomic E-state index is 13.7. The fourth-order valence-electron chi connectivity index (χ4n) is 2.47. The van der Waals surface area contributed by atoms with E-state index in [4.69, 9.17) is 15.9 Å². The number of allylic oxidation sites excluding steroid dienone is 2. The van der Waals surface area contributed by atoms with Crippen LogP contribution in [0, 0.1) is 5.41 Å². The van der Waals surface area contributed by atoms with Crippen LogP contribution in [-0.2, 0) is 9.53 Å². The van der Waals surface area contributed by atoms with E-state index in [1.165, 1.54) is 26.8 Å². The van der Waals surface area contributed by atoms with Gasteiger partial charge in [0.2, 0.25) is 6.41 Å². The molecular weight excluding hydrogens is 377 g/mol. The molecule has 2 amide bonds. The quantitative estimate of drug-likeness (QED) is 0.301. The molecule has 29 heavy (non-hydrogen) atoms. The number of anilines is 1. The number of nitrogens with two attached hydrogens (primary N) is 1.